The first-order valence-corrected chi connectivity index (χ1v) is 19.6. The van der Waals surface area contributed by atoms with Crippen molar-refractivity contribution < 1.29 is 27.5 Å². The minimum atomic E-state index is -3.58. The lowest BCUT2D eigenvalue weighted by molar-refractivity contribution is -0.136. The molecule has 3 N–H and O–H groups in total. The Morgan fingerprint density at radius 2 is 1.55 bits per heavy atom. The molecule has 0 aliphatic carbocycles. The van der Waals surface area contributed by atoms with Crippen molar-refractivity contribution in [2.24, 2.45) is 0 Å². The SMILES string of the molecule is CC(C)(Cc1cccc(CC(=O)O)c1)NC[C@@H](O[Si](C)(C)C(C)(C)C)c1ccc(OCc2ccccc2)c(NS(C)(=O)=O)c1. The average Bonchev–Trinajstić information content (AvgIpc) is 2.89. The van der Waals surface area contributed by atoms with E-state index in [9.17, 15) is 18.3 Å². The predicted octanol–water partition coefficient (Wildman–Crippen LogP) is 6.94. The number of anilines is 1. The van der Waals surface area contributed by atoms with E-state index in [1.807, 2.05) is 66.7 Å². The van der Waals surface area contributed by atoms with Crippen molar-refractivity contribution in [1.82, 2.24) is 5.32 Å². The molecule has 0 radical (unpaired) electrons. The first kappa shape index (κ1) is 35.3. The molecule has 0 bridgehead atoms. The van der Waals surface area contributed by atoms with E-state index in [-0.39, 0.29) is 23.1 Å². The monoisotopic (exact) mass is 640 g/mol. The highest BCUT2D eigenvalue weighted by molar-refractivity contribution is 7.92. The number of benzene rings is 3. The van der Waals surface area contributed by atoms with Gasteiger partial charge in [0.1, 0.15) is 12.4 Å². The van der Waals surface area contributed by atoms with E-state index < -0.39 is 24.3 Å². The van der Waals surface area contributed by atoms with E-state index in [0.29, 0.717) is 31.0 Å². The number of ether oxygens (including phenoxy) is 1. The van der Waals surface area contributed by atoms with Gasteiger partial charge in [0.05, 0.1) is 24.5 Å². The van der Waals surface area contributed by atoms with Crippen LogP contribution in [0.3, 0.4) is 0 Å². The van der Waals surface area contributed by atoms with Crippen LogP contribution in [0.4, 0.5) is 5.69 Å². The molecule has 0 aliphatic rings. The Morgan fingerprint density at radius 3 is 2.16 bits per heavy atom. The van der Waals surface area contributed by atoms with Gasteiger partial charge in [-0.15, -0.1) is 0 Å². The molecule has 8 nitrogen and oxygen atoms in total. The van der Waals surface area contributed by atoms with Crippen molar-refractivity contribution in [3.8, 4) is 5.75 Å². The number of sulfonamides is 1. The van der Waals surface area contributed by atoms with E-state index >= 15 is 0 Å². The summed E-state index contributed by atoms with van der Waals surface area (Å²) < 4.78 is 40.3. The maximum atomic E-state index is 12.3. The predicted molar refractivity (Wildman–Crippen MR) is 180 cm³/mol. The van der Waals surface area contributed by atoms with Crippen molar-refractivity contribution >= 4 is 30.0 Å². The standard InChI is InChI=1S/C34H48N2O6SSi/c1-33(2,3)44(7,8)42-31(23-35-34(4,5)22-27-16-12-15-26(19-27)20-32(37)38)28-17-18-30(29(21-28)36-43(6,39)40)41-24-25-13-10-9-11-14-25/h9-19,21,31,35-36H,20,22-24H2,1-8H3,(H,37,38)/t31-/m1/s1. The van der Waals surface area contributed by atoms with Gasteiger partial charge in [-0.1, -0.05) is 81.4 Å². The second kappa shape index (κ2) is 14.3. The fourth-order valence-corrected chi connectivity index (χ4v) is 6.46. The Bertz CT molecular complexity index is 1520. The molecule has 0 unspecified atom stereocenters. The molecule has 3 aromatic carbocycles. The molecule has 3 rings (SSSR count). The van der Waals surface area contributed by atoms with E-state index in [0.717, 1.165) is 28.5 Å². The van der Waals surface area contributed by atoms with Crippen LogP contribution in [0.5, 0.6) is 5.75 Å². The number of carboxylic acids is 1. The molecule has 44 heavy (non-hydrogen) atoms. The molecule has 0 spiro atoms. The fourth-order valence-electron chi connectivity index (χ4n) is 4.61. The maximum Gasteiger partial charge on any atom is 0.307 e. The number of rotatable bonds is 15. The van der Waals surface area contributed by atoms with Gasteiger partial charge < -0.3 is 19.6 Å². The maximum absolute atomic E-state index is 12.3. The van der Waals surface area contributed by atoms with Crippen LogP contribution in [0.15, 0.2) is 72.8 Å². The molecular formula is C34H48N2O6SSi. The molecule has 3 aromatic rings. The molecule has 10 heteroatoms. The number of hydrogen-bond donors (Lipinski definition) is 3. The van der Waals surface area contributed by atoms with Crippen molar-refractivity contribution in [2.45, 2.75) is 83.8 Å². The molecule has 240 valence electrons. The van der Waals surface area contributed by atoms with Gasteiger partial charge in [-0.3, -0.25) is 9.52 Å². The van der Waals surface area contributed by atoms with Crippen molar-refractivity contribution in [1.29, 1.82) is 0 Å². The number of aliphatic carboxylic acids is 1. The highest BCUT2D eigenvalue weighted by Crippen LogP contribution is 2.41. The van der Waals surface area contributed by atoms with Gasteiger partial charge in [-0.25, -0.2) is 8.42 Å². The van der Waals surface area contributed by atoms with Crippen LogP contribution in [-0.2, 0) is 38.7 Å². The first-order chi connectivity index (χ1) is 20.3. The Labute approximate surface area is 264 Å². The normalized spacial score (nSPS) is 13.4. The third-order valence-corrected chi connectivity index (χ3v) is 13.0. The summed E-state index contributed by atoms with van der Waals surface area (Å²) in [5, 5.41) is 12.8. The minimum absolute atomic E-state index is 0.0148. The van der Waals surface area contributed by atoms with Gasteiger partial charge in [0.2, 0.25) is 10.0 Å². The van der Waals surface area contributed by atoms with Crippen LogP contribution < -0.4 is 14.8 Å². The van der Waals surface area contributed by atoms with Gasteiger partial charge in [-0.2, -0.15) is 0 Å². The smallest absolute Gasteiger partial charge is 0.307 e. The third-order valence-electron chi connectivity index (χ3n) is 7.91. The molecule has 0 heterocycles. The molecular weight excluding hydrogens is 593 g/mol. The summed E-state index contributed by atoms with van der Waals surface area (Å²) in [6.07, 6.45) is 1.43. The second-order valence-electron chi connectivity index (χ2n) is 13.6. The molecule has 0 saturated heterocycles. The summed E-state index contributed by atoms with van der Waals surface area (Å²) in [6, 6.07) is 22.9. The summed E-state index contributed by atoms with van der Waals surface area (Å²) >= 11 is 0. The minimum Gasteiger partial charge on any atom is -0.487 e. The molecule has 0 aliphatic heterocycles. The topological polar surface area (TPSA) is 114 Å². The lowest BCUT2D eigenvalue weighted by atomic mass is 9.93. The number of nitrogens with one attached hydrogen (secondary N) is 2. The molecule has 0 saturated carbocycles. The number of carboxylic acid groups (broad SMARTS) is 1. The lowest BCUT2D eigenvalue weighted by Crippen LogP contribution is -2.47. The van der Waals surface area contributed by atoms with E-state index in [1.54, 1.807) is 6.07 Å². The lowest BCUT2D eigenvalue weighted by Gasteiger charge is -2.40. The van der Waals surface area contributed by atoms with Crippen LogP contribution >= 0.6 is 0 Å². The Morgan fingerprint density at radius 1 is 0.909 bits per heavy atom. The van der Waals surface area contributed by atoms with Gasteiger partial charge in [0.25, 0.3) is 0 Å². The Kier molecular flexibility index (Phi) is 11.5. The summed E-state index contributed by atoms with van der Waals surface area (Å²) in [5.41, 5.74) is 3.64. The summed E-state index contributed by atoms with van der Waals surface area (Å²) in [4.78, 5) is 11.2. The second-order valence-corrected chi connectivity index (χ2v) is 20.1. The van der Waals surface area contributed by atoms with Gasteiger partial charge >= 0.3 is 5.97 Å². The van der Waals surface area contributed by atoms with Crippen molar-refractivity contribution in [2.75, 3.05) is 17.5 Å². The fraction of sp³-hybridized carbons (Fsp3) is 0.441. The molecule has 0 amide bonds. The summed E-state index contributed by atoms with van der Waals surface area (Å²) in [6.45, 7) is 16.0. The van der Waals surface area contributed by atoms with Crippen LogP contribution in [0.1, 0.15) is 63.0 Å². The van der Waals surface area contributed by atoms with Gasteiger partial charge in [0.15, 0.2) is 8.32 Å². The largest absolute Gasteiger partial charge is 0.487 e. The van der Waals surface area contributed by atoms with Gasteiger partial charge in [-0.05, 0) is 72.8 Å². The molecule has 0 aromatic heterocycles. The first-order valence-electron chi connectivity index (χ1n) is 14.8. The number of hydrogen-bond acceptors (Lipinski definition) is 6. The molecule has 1 atom stereocenters. The van der Waals surface area contributed by atoms with E-state index in [4.69, 9.17) is 9.16 Å². The summed E-state index contributed by atoms with van der Waals surface area (Å²) in [5.74, 6) is -0.421. The quantitative estimate of drug-likeness (QED) is 0.154. The Hall–Kier alpha value is -3.18. The average molecular weight is 641 g/mol. The highest BCUT2D eigenvalue weighted by atomic mass is 32.2. The zero-order valence-corrected chi connectivity index (χ0v) is 29.0. The van der Waals surface area contributed by atoms with Crippen molar-refractivity contribution in [3.63, 3.8) is 0 Å². The van der Waals surface area contributed by atoms with E-state index in [1.165, 1.54) is 0 Å². The Balaban J connectivity index is 1.91. The van der Waals surface area contributed by atoms with Crippen LogP contribution in [-0.4, -0.2) is 46.2 Å². The third kappa shape index (κ3) is 11.1. The van der Waals surface area contributed by atoms with E-state index in [2.05, 4.69) is 57.8 Å². The van der Waals surface area contributed by atoms with Gasteiger partial charge in [0, 0.05) is 12.1 Å². The van der Waals surface area contributed by atoms with Crippen molar-refractivity contribution in [3.05, 3.63) is 95.1 Å². The highest BCUT2D eigenvalue weighted by Gasteiger charge is 2.40. The number of carbonyl (C=O) groups is 1. The van der Waals surface area contributed by atoms with Crippen LogP contribution in [0, 0.1) is 0 Å². The zero-order valence-electron chi connectivity index (χ0n) is 27.2. The van der Waals surface area contributed by atoms with Crippen LogP contribution in [0.2, 0.25) is 18.1 Å². The zero-order chi connectivity index (χ0) is 32.8. The summed E-state index contributed by atoms with van der Waals surface area (Å²) in [7, 11) is -5.83. The van der Waals surface area contributed by atoms with Crippen LogP contribution in [0.25, 0.3) is 0 Å². The molecule has 0 fully saturated rings.